The molecule has 0 aliphatic heterocycles. The molecule has 1 saturated carbocycles. The number of nitrogens with one attached hydrogen (secondary N) is 1. The molecule has 4 rings (SSSR count). The maximum absolute atomic E-state index is 12.7. The molecule has 0 bridgehead atoms. The van der Waals surface area contributed by atoms with Crippen LogP contribution in [0.3, 0.4) is 0 Å². The van der Waals surface area contributed by atoms with Crippen LogP contribution in [0.25, 0.3) is 11.0 Å². The molecule has 2 atom stereocenters. The fraction of sp³-hybridized carbons (Fsp3) is 0.500. The van der Waals surface area contributed by atoms with Crippen molar-refractivity contribution in [2.75, 3.05) is 32.6 Å². The molecule has 1 N–H and O–H groups in total. The first-order chi connectivity index (χ1) is 18.9. The Kier molecular flexibility index (Phi) is 10.0. The SMILES string of the molecule is COCCC(C)Oc1ccc2oc(C(Nc3ccc(C(=O)N(C)CCC=O)cc3)C3CCCCC3)c(C)c2c1. The van der Waals surface area contributed by atoms with Crippen molar-refractivity contribution in [1.82, 2.24) is 4.90 Å². The zero-order valence-corrected chi connectivity index (χ0v) is 23.7. The number of rotatable bonds is 13. The average Bonchev–Trinajstić information content (AvgIpc) is 3.29. The fourth-order valence-electron chi connectivity index (χ4n) is 5.49. The van der Waals surface area contributed by atoms with E-state index in [9.17, 15) is 9.59 Å². The van der Waals surface area contributed by atoms with Crippen LogP contribution in [0.5, 0.6) is 5.75 Å². The number of fused-ring (bicyclic) bond motifs is 1. The van der Waals surface area contributed by atoms with Crippen LogP contribution in [-0.4, -0.2) is 50.5 Å². The van der Waals surface area contributed by atoms with Gasteiger partial charge < -0.3 is 28.9 Å². The molecule has 1 aromatic heterocycles. The Bertz CT molecular complexity index is 1230. The summed E-state index contributed by atoms with van der Waals surface area (Å²) >= 11 is 0. The van der Waals surface area contributed by atoms with Gasteiger partial charge in [-0.2, -0.15) is 0 Å². The number of carbonyl (C=O) groups excluding carboxylic acids is 2. The number of methoxy groups -OCH3 is 1. The number of benzene rings is 2. The van der Waals surface area contributed by atoms with E-state index >= 15 is 0 Å². The van der Waals surface area contributed by atoms with Crippen molar-refractivity contribution in [1.29, 1.82) is 0 Å². The summed E-state index contributed by atoms with van der Waals surface area (Å²) in [4.78, 5) is 25.0. The van der Waals surface area contributed by atoms with E-state index in [2.05, 4.69) is 25.2 Å². The average molecular weight is 535 g/mol. The van der Waals surface area contributed by atoms with Crippen molar-refractivity contribution in [2.24, 2.45) is 5.92 Å². The Morgan fingerprint density at radius 1 is 1.15 bits per heavy atom. The van der Waals surface area contributed by atoms with Crippen molar-refractivity contribution < 1.29 is 23.5 Å². The Labute approximate surface area is 231 Å². The standard InChI is InChI=1S/C32H42N2O5/c1-22(17-20-37-4)38-27-15-16-29-28(21-27)23(2)31(39-29)30(24-9-6-5-7-10-24)33-26-13-11-25(12-14-26)32(36)34(3)18-8-19-35/h11-16,19,21-22,24,30,33H,5-10,17-18,20H2,1-4H3. The first kappa shape index (κ1) is 28.7. The Morgan fingerprint density at radius 2 is 1.90 bits per heavy atom. The van der Waals surface area contributed by atoms with Crippen molar-refractivity contribution in [3.63, 3.8) is 0 Å². The van der Waals surface area contributed by atoms with Crippen molar-refractivity contribution in [3.8, 4) is 5.75 Å². The minimum absolute atomic E-state index is 0.0273. The molecule has 0 saturated heterocycles. The monoisotopic (exact) mass is 534 g/mol. The highest BCUT2D eigenvalue weighted by atomic mass is 16.5. The molecular formula is C32H42N2O5. The molecule has 1 amide bonds. The van der Waals surface area contributed by atoms with Crippen LogP contribution < -0.4 is 10.1 Å². The summed E-state index contributed by atoms with van der Waals surface area (Å²) in [6, 6.07) is 13.7. The van der Waals surface area contributed by atoms with Gasteiger partial charge in [-0.3, -0.25) is 4.79 Å². The van der Waals surface area contributed by atoms with Gasteiger partial charge in [-0.1, -0.05) is 19.3 Å². The lowest BCUT2D eigenvalue weighted by atomic mass is 9.82. The van der Waals surface area contributed by atoms with Gasteiger partial charge in [-0.05, 0) is 75.1 Å². The molecule has 39 heavy (non-hydrogen) atoms. The van der Waals surface area contributed by atoms with E-state index < -0.39 is 0 Å². The zero-order valence-electron chi connectivity index (χ0n) is 23.7. The van der Waals surface area contributed by atoms with E-state index in [4.69, 9.17) is 13.9 Å². The summed E-state index contributed by atoms with van der Waals surface area (Å²) in [5.41, 5.74) is 3.55. The molecule has 7 heteroatoms. The second-order valence-electron chi connectivity index (χ2n) is 10.7. The highest BCUT2D eigenvalue weighted by molar-refractivity contribution is 5.94. The van der Waals surface area contributed by atoms with Crippen LogP contribution in [0.1, 0.15) is 79.6 Å². The van der Waals surface area contributed by atoms with Gasteiger partial charge in [-0.15, -0.1) is 0 Å². The summed E-state index contributed by atoms with van der Waals surface area (Å²) in [6.45, 7) is 5.27. The molecule has 1 heterocycles. The molecular weight excluding hydrogens is 492 g/mol. The van der Waals surface area contributed by atoms with E-state index in [1.165, 1.54) is 19.3 Å². The summed E-state index contributed by atoms with van der Waals surface area (Å²) < 4.78 is 17.8. The number of hydrogen-bond donors (Lipinski definition) is 1. The fourth-order valence-corrected chi connectivity index (χ4v) is 5.49. The minimum atomic E-state index is -0.0880. The van der Waals surface area contributed by atoms with E-state index in [-0.39, 0.29) is 18.1 Å². The van der Waals surface area contributed by atoms with Gasteiger partial charge in [0.1, 0.15) is 23.4 Å². The van der Waals surface area contributed by atoms with E-state index in [0.29, 0.717) is 31.1 Å². The van der Waals surface area contributed by atoms with Gasteiger partial charge in [0.05, 0.1) is 12.1 Å². The first-order valence-electron chi connectivity index (χ1n) is 14.2. The van der Waals surface area contributed by atoms with Gasteiger partial charge in [0.2, 0.25) is 0 Å². The summed E-state index contributed by atoms with van der Waals surface area (Å²) in [5.74, 6) is 2.17. The third-order valence-corrected chi connectivity index (χ3v) is 7.80. The summed E-state index contributed by atoms with van der Waals surface area (Å²) in [7, 11) is 3.43. The number of carbonyl (C=O) groups is 2. The van der Waals surface area contributed by atoms with Crippen LogP contribution in [0, 0.1) is 12.8 Å². The lowest BCUT2D eigenvalue weighted by molar-refractivity contribution is -0.108. The molecule has 0 radical (unpaired) electrons. The molecule has 1 aliphatic rings. The highest BCUT2D eigenvalue weighted by Crippen LogP contribution is 2.41. The van der Waals surface area contributed by atoms with Crippen molar-refractivity contribution in [3.05, 3.63) is 59.4 Å². The van der Waals surface area contributed by atoms with Gasteiger partial charge >= 0.3 is 0 Å². The molecule has 2 unspecified atom stereocenters. The lowest BCUT2D eigenvalue weighted by Gasteiger charge is -2.31. The van der Waals surface area contributed by atoms with Crippen LogP contribution in [-0.2, 0) is 9.53 Å². The van der Waals surface area contributed by atoms with Gasteiger partial charge in [0.15, 0.2) is 0 Å². The van der Waals surface area contributed by atoms with E-state index in [1.54, 1.807) is 19.1 Å². The molecule has 1 aliphatic carbocycles. The van der Waals surface area contributed by atoms with E-state index in [0.717, 1.165) is 59.3 Å². The minimum Gasteiger partial charge on any atom is -0.491 e. The first-order valence-corrected chi connectivity index (χ1v) is 14.2. The summed E-state index contributed by atoms with van der Waals surface area (Å²) in [6.07, 6.45) is 8.08. The quantitative estimate of drug-likeness (QED) is 0.239. The number of anilines is 1. The van der Waals surface area contributed by atoms with Crippen molar-refractivity contribution >= 4 is 28.8 Å². The Balaban J connectivity index is 1.57. The normalized spacial score (nSPS) is 15.6. The predicted octanol–water partition coefficient (Wildman–Crippen LogP) is 6.94. The smallest absolute Gasteiger partial charge is 0.253 e. The third-order valence-electron chi connectivity index (χ3n) is 7.80. The molecule has 2 aromatic carbocycles. The zero-order chi connectivity index (χ0) is 27.8. The second kappa shape index (κ2) is 13.7. The predicted molar refractivity (Wildman–Crippen MR) is 155 cm³/mol. The number of aryl methyl sites for hydroxylation is 1. The van der Waals surface area contributed by atoms with Gasteiger partial charge in [0.25, 0.3) is 5.91 Å². The Morgan fingerprint density at radius 3 is 2.59 bits per heavy atom. The number of furan rings is 1. The largest absolute Gasteiger partial charge is 0.491 e. The Hall–Kier alpha value is -3.32. The number of nitrogens with zero attached hydrogens (tertiary/aromatic N) is 1. The molecule has 7 nitrogen and oxygen atoms in total. The molecule has 3 aromatic rings. The van der Waals surface area contributed by atoms with E-state index in [1.807, 2.05) is 36.4 Å². The maximum atomic E-state index is 12.7. The lowest BCUT2D eigenvalue weighted by Crippen LogP contribution is -2.28. The number of aldehydes is 1. The number of hydrogen-bond acceptors (Lipinski definition) is 6. The van der Waals surface area contributed by atoms with Crippen LogP contribution >= 0.6 is 0 Å². The maximum Gasteiger partial charge on any atom is 0.253 e. The second-order valence-corrected chi connectivity index (χ2v) is 10.7. The van der Waals surface area contributed by atoms with Crippen molar-refractivity contribution in [2.45, 2.75) is 70.9 Å². The molecule has 0 spiro atoms. The summed E-state index contributed by atoms with van der Waals surface area (Å²) in [5, 5.41) is 4.83. The van der Waals surface area contributed by atoms with Crippen LogP contribution in [0.2, 0.25) is 0 Å². The molecule has 1 fully saturated rings. The highest BCUT2D eigenvalue weighted by Gasteiger charge is 2.30. The third kappa shape index (κ3) is 7.21. The topological polar surface area (TPSA) is 81.0 Å². The van der Waals surface area contributed by atoms with Crippen LogP contribution in [0.15, 0.2) is 46.9 Å². The van der Waals surface area contributed by atoms with Crippen LogP contribution in [0.4, 0.5) is 5.69 Å². The molecule has 210 valence electrons. The van der Waals surface area contributed by atoms with Gasteiger partial charge in [0, 0.05) is 62.4 Å². The van der Waals surface area contributed by atoms with Gasteiger partial charge in [-0.25, -0.2) is 0 Å². The number of amides is 1. The number of ether oxygens (including phenoxy) is 2.